The van der Waals surface area contributed by atoms with E-state index in [1.54, 1.807) is 0 Å². The summed E-state index contributed by atoms with van der Waals surface area (Å²) >= 11 is 0. The van der Waals surface area contributed by atoms with Crippen molar-refractivity contribution in [2.45, 2.75) is 84.6 Å². The van der Waals surface area contributed by atoms with Gasteiger partial charge in [-0.2, -0.15) is 0 Å². The summed E-state index contributed by atoms with van der Waals surface area (Å²) in [4.78, 5) is 41.3. The molecule has 1 amide bonds. The maximum atomic E-state index is 13.7. The summed E-state index contributed by atoms with van der Waals surface area (Å²) < 4.78 is 6.04. The number of carbonyl (C=O) groups excluding carboxylic acids is 2. The molecule has 0 spiro atoms. The molecular weight excluding hydrogens is 586 g/mol. The standard InChI is InChI=1S/C39H51N5O3/c1-4-28-10-9-18-43(19-15-28)31-16-20-44(21-17-31)39(46)29-13-14-34(37(24-29)47-5-2)42-38-25-35-30(26-40-38)22-27(3)23-36(45)32-11-7-6-8-12-33(32)41-35/h6-8,12-14,24-28,31-32H,4-5,9-11,15-23H2,1-3H3,(H,40,42). The predicted molar refractivity (Wildman–Crippen MR) is 189 cm³/mol. The van der Waals surface area contributed by atoms with E-state index in [0.717, 1.165) is 60.9 Å². The quantitative estimate of drug-likeness (QED) is 0.335. The van der Waals surface area contributed by atoms with Crippen molar-refractivity contribution in [2.24, 2.45) is 22.7 Å². The second kappa shape index (κ2) is 15.4. The molecule has 250 valence electrons. The Morgan fingerprint density at radius 3 is 2.68 bits per heavy atom. The predicted octanol–water partition coefficient (Wildman–Crippen LogP) is 7.70. The molecule has 1 aromatic carbocycles. The molecule has 8 nitrogen and oxygen atoms in total. The van der Waals surface area contributed by atoms with Gasteiger partial charge in [-0.1, -0.05) is 38.5 Å². The number of amides is 1. The van der Waals surface area contributed by atoms with Gasteiger partial charge in [0.1, 0.15) is 17.4 Å². The van der Waals surface area contributed by atoms with Crippen LogP contribution in [0.15, 0.2) is 59.8 Å². The molecule has 0 bridgehead atoms. The number of piperidine rings is 1. The normalized spacial score (nSPS) is 24.1. The van der Waals surface area contributed by atoms with E-state index in [4.69, 9.17) is 14.7 Å². The number of hydrogen-bond acceptors (Lipinski definition) is 7. The number of rotatable bonds is 7. The first-order valence-electron chi connectivity index (χ1n) is 17.9. The highest BCUT2D eigenvalue weighted by Gasteiger charge is 2.30. The van der Waals surface area contributed by atoms with Crippen LogP contribution in [-0.2, 0) is 11.2 Å². The number of benzene rings is 1. The Morgan fingerprint density at radius 2 is 1.87 bits per heavy atom. The molecule has 0 radical (unpaired) electrons. The molecule has 3 atom stereocenters. The molecule has 1 aliphatic carbocycles. The van der Waals surface area contributed by atoms with Crippen molar-refractivity contribution in [3.05, 3.63) is 65.9 Å². The number of aromatic nitrogens is 1. The maximum absolute atomic E-state index is 13.7. The number of ketones is 1. The van der Waals surface area contributed by atoms with Crippen molar-refractivity contribution in [1.82, 2.24) is 14.8 Å². The van der Waals surface area contributed by atoms with E-state index in [1.165, 1.54) is 38.8 Å². The Kier molecular flexibility index (Phi) is 10.9. The van der Waals surface area contributed by atoms with Gasteiger partial charge in [0.25, 0.3) is 5.91 Å². The van der Waals surface area contributed by atoms with Crippen molar-refractivity contribution in [3.63, 3.8) is 0 Å². The Labute approximate surface area is 280 Å². The molecule has 47 heavy (non-hydrogen) atoms. The fourth-order valence-corrected chi connectivity index (χ4v) is 7.72. The number of hydrogen-bond donors (Lipinski definition) is 1. The second-order valence-electron chi connectivity index (χ2n) is 13.8. The van der Waals surface area contributed by atoms with Crippen LogP contribution < -0.4 is 10.1 Å². The summed E-state index contributed by atoms with van der Waals surface area (Å²) in [6.45, 7) is 10.8. The molecule has 1 N–H and O–H groups in total. The van der Waals surface area contributed by atoms with Crippen LogP contribution in [0.3, 0.4) is 0 Å². The van der Waals surface area contributed by atoms with Crippen LogP contribution in [0.4, 0.5) is 17.2 Å². The summed E-state index contributed by atoms with van der Waals surface area (Å²) in [6.07, 6.45) is 19.1. The highest BCUT2D eigenvalue weighted by Crippen LogP contribution is 2.34. The van der Waals surface area contributed by atoms with Crippen LogP contribution in [-0.4, -0.2) is 71.0 Å². The van der Waals surface area contributed by atoms with Gasteiger partial charge in [-0.05, 0) is 107 Å². The third-order valence-corrected chi connectivity index (χ3v) is 10.5. The van der Waals surface area contributed by atoms with Crippen LogP contribution in [0, 0.1) is 17.8 Å². The van der Waals surface area contributed by atoms with Crippen LogP contribution in [0.2, 0.25) is 0 Å². The SMILES string of the molecule is CCOc1cc(C(=O)N2CCC(N3CCCC(CC)CC3)CC2)ccc1Nc1cc2c(cn1)CC(C)CC(=O)C1CC=CC=CC1=N2. The number of anilines is 2. The average molecular weight is 638 g/mol. The van der Waals surface area contributed by atoms with E-state index >= 15 is 0 Å². The fraction of sp³-hybridized carbons (Fsp3) is 0.538. The molecule has 4 aliphatic rings. The van der Waals surface area contributed by atoms with Crippen molar-refractivity contribution in [2.75, 3.05) is 38.1 Å². The van der Waals surface area contributed by atoms with Gasteiger partial charge in [-0.15, -0.1) is 0 Å². The number of ether oxygens (including phenoxy) is 1. The molecule has 2 aromatic rings. The number of nitrogens with zero attached hydrogens (tertiary/aromatic N) is 4. The van der Waals surface area contributed by atoms with Crippen LogP contribution in [0.5, 0.6) is 5.75 Å². The third kappa shape index (κ3) is 8.03. The molecule has 8 heteroatoms. The number of pyridine rings is 1. The summed E-state index contributed by atoms with van der Waals surface area (Å²) in [5.41, 5.74) is 4.05. The molecular formula is C39H51N5O3. The first-order valence-corrected chi connectivity index (χ1v) is 17.9. The highest BCUT2D eigenvalue weighted by molar-refractivity contribution is 6.12. The largest absolute Gasteiger partial charge is 0.492 e. The lowest BCUT2D eigenvalue weighted by molar-refractivity contribution is -0.121. The minimum absolute atomic E-state index is 0.0631. The molecule has 3 unspecified atom stereocenters. The lowest BCUT2D eigenvalue weighted by Crippen LogP contribution is -2.47. The minimum Gasteiger partial charge on any atom is -0.492 e. The second-order valence-corrected chi connectivity index (χ2v) is 13.8. The highest BCUT2D eigenvalue weighted by atomic mass is 16.5. The van der Waals surface area contributed by atoms with Crippen molar-refractivity contribution in [1.29, 1.82) is 0 Å². The summed E-state index contributed by atoms with van der Waals surface area (Å²) in [6, 6.07) is 8.20. The van der Waals surface area contributed by atoms with Gasteiger partial charge in [0.15, 0.2) is 0 Å². The first kappa shape index (κ1) is 33.1. The van der Waals surface area contributed by atoms with E-state index in [9.17, 15) is 9.59 Å². The number of aliphatic imine (C=N–C) groups is 1. The number of allylic oxidation sites excluding steroid dienone is 4. The van der Waals surface area contributed by atoms with Gasteiger partial charge in [0, 0.05) is 43.4 Å². The first-order chi connectivity index (χ1) is 22.9. The number of likely N-dealkylation sites (tertiary alicyclic amines) is 2. The van der Waals surface area contributed by atoms with E-state index in [-0.39, 0.29) is 23.5 Å². The summed E-state index contributed by atoms with van der Waals surface area (Å²) in [7, 11) is 0. The molecule has 2 saturated heterocycles. The molecule has 3 aliphatic heterocycles. The number of fused-ring (bicyclic) bond motifs is 2. The molecule has 4 heterocycles. The van der Waals surface area contributed by atoms with Gasteiger partial charge < -0.3 is 19.9 Å². The van der Waals surface area contributed by atoms with Crippen LogP contribution >= 0.6 is 0 Å². The van der Waals surface area contributed by atoms with Crippen LogP contribution in [0.1, 0.15) is 88.1 Å². The Hall–Kier alpha value is -3.78. The molecule has 1 aromatic heterocycles. The summed E-state index contributed by atoms with van der Waals surface area (Å²) in [5.74, 6) is 2.41. The zero-order valence-electron chi connectivity index (χ0n) is 28.4. The maximum Gasteiger partial charge on any atom is 0.253 e. The molecule has 0 saturated carbocycles. The lowest BCUT2D eigenvalue weighted by atomic mass is 9.88. The van der Waals surface area contributed by atoms with Gasteiger partial charge in [0.2, 0.25) is 0 Å². The number of carbonyl (C=O) groups is 2. The monoisotopic (exact) mass is 637 g/mol. The number of Topliss-reactive ketones (excluding diaryl/α,β-unsaturated/α-hetero) is 1. The average Bonchev–Trinajstić information content (AvgIpc) is 3.46. The number of nitrogens with one attached hydrogen (secondary N) is 1. The van der Waals surface area contributed by atoms with E-state index in [2.05, 4.69) is 24.1 Å². The topological polar surface area (TPSA) is 87.1 Å². The van der Waals surface area contributed by atoms with Gasteiger partial charge >= 0.3 is 0 Å². The van der Waals surface area contributed by atoms with Gasteiger partial charge in [0.05, 0.1) is 29.6 Å². The van der Waals surface area contributed by atoms with E-state index < -0.39 is 0 Å². The summed E-state index contributed by atoms with van der Waals surface area (Å²) in [5, 5.41) is 3.43. The Bertz CT molecular complexity index is 1520. The Morgan fingerprint density at radius 1 is 1.02 bits per heavy atom. The smallest absolute Gasteiger partial charge is 0.253 e. The molecule has 2 fully saturated rings. The van der Waals surface area contributed by atoms with Gasteiger partial charge in [-0.3, -0.25) is 14.6 Å². The van der Waals surface area contributed by atoms with Crippen molar-refractivity contribution in [3.8, 4) is 5.75 Å². The van der Waals surface area contributed by atoms with Crippen molar-refractivity contribution < 1.29 is 14.3 Å². The fourth-order valence-electron chi connectivity index (χ4n) is 7.72. The van der Waals surface area contributed by atoms with Crippen molar-refractivity contribution >= 4 is 34.6 Å². The van der Waals surface area contributed by atoms with E-state index in [1.807, 2.05) is 66.6 Å². The van der Waals surface area contributed by atoms with Gasteiger partial charge in [-0.25, -0.2) is 4.98 Å². The van der Waals surface area contributed by atoms with E-state index in [0.29, 0.717) is 42.6 Å². The Balaban J connectivity index is 1.16. The third-order valence-electron chi connectivity index (χ3n) is 10.5. The minimum atomic E-state index is -0.230. The van der Waals surface area contributed by atoms with Crippen LogP contribution in [0.25, 0.3) is 0 Å². The molecule has 6 rings (SSSR count). The lowest BCUT2D eigenvalue weighted by Gasteiger charge is -2.38. The zero-order valence-corrected chi connectivity index (χ0v) is 28.4. The zero-order chi connectivity index (χ0) is 32.8.